The van der Waals surface area contributed by atoms with Crippen molar-refractivity contribution in [2.45, 2.75) is 58.2 Å². The number of aromatic nitrogens is 2. The van der Waals surface area contributed by atoms with E-state index in [1.54, 1.807) is 13.2 Å². The number of likely N-dealkylation sites (tertiary alicyclic amines) is 2. The second-order valence-electron chi connectivity index (χ2n) is 7.04. The molecule has 0 aliphatic carbocycles. The van der Waals surface area contributed by atoms with E-state index >= 15 is 0 Å². The molecule has 2 aromatic rings. The second kappa shape index (κ2) is 6.63. The zero-order chi connectivity index (χ0) is 17.4. The molecule has 0 unspecified atom stereocenters. The minimum Gasteiger partial charge on any atom is -0.459 e. The highest BCUT2D eigenvalue weighted by molar-refractivity contribution is 5.74. The summed E-state index contributed by atoms with van der Waals surface area (Å²) in [4.78, 5) is 16.3. The molecule has 0 radical (unpaired) electrons. The Bertz CT molecular complexity index is 753. The van der Waals surface area contributed by atoms with Crippen LogP contribution in [0.15, 0.2) is 21.2 Å². The van der Waals surface area contributed by atoms with E-state index in [4.69, 9.17) is 8.83 Å². The second-order valence-corrected chi connectivity index (χ2v) is 7.04. The molecule has 134 valence electrons. The average Bonchev–Trinajstić information content (AvgIpc) is 3.33. The van der Waals surface area contributed by atoms with Crippen LogP contribution in [0.3, 0.4) is 0 Å². The maximum absolute atomic E-state index is 11.9. The molecule has 25 heavy (non-hydrogen) atoms. The quantitative estimate of drug-likeness (QED) is 0.849. The van der Waals surface area contributed by atoms with Gasteiger partial charge in [0.1, 0.15) is 0 Å². The highest BCUT2D eigenvalue weighted by Crippen LogP contribution is 2.31. The van der Waals surface area contributed by atoms with Gasteiger partial charge in [-0.25, -0.2) is 0 Å². The highest BCUT2D eigenvalue weighted by Gasteiger charge is 2.39. The Balaban J connectivity index is 1.48. The molecule has 2 fully saturated rings. The van der Waals surface area contributed by atoms with Gasteiger partial charge in [-0.05, 0) is 45.2 Å². The number of amides is 1. The van der Waals surface area contributed by atoms with Crippen LogP contribution in [0, 0.1) is 6.92 Å². The highest BCUT2D eigenvalue weighted by atomic mass is 16.4. The van der Waals surface area contributed by atoms with Gasteiger partial charge in [0.05, 0.1) is 12.8 Å². The monoisotopic (exact) mass is 344 g/mol. The Morgan fingerprint density at radius 2 is 2.04 bits per heavy atom. The van der Waals surface area contributed by atoms with Crippen molar-refractivity contribution in [1.82, 2.24) is 20.0 Å². The lowest BCUT2D eigenvalue weighted by molar-refractivity contribution is -0.130. The summed E-state index contributed by atoms with van der Waals surface area (Å²) in [5.41, 5.74) is 0.984. The molecular weight excluding hydrogens is 320 g/mol. The van der Waals surface area contributed by atoms with Crippen molar-refractivity contribution < 1.29 is 13.6 Å². The van der Waals surface area contributed by atoms with Crippen molar-refractivity contribution in [2.24, 2.45) is 0 Å². The smallest absolute Gasteiger partial charge is 0.283 e. The molecule has 7 heteroatoms. The van der Waals surface area contributed by atoms with Gasteiger partial charge in [0.25, 0.3) is 5.89 Å². The number of hydrogen-bond acceptors (Lipinski definition) is 6. The maximum atomic E-state index is 11.9. The van der Waals surface area contributed by atoms with E-state index < -0.39 is 0 Å². The number of carbonyl (C=O) groups excluding carboxylic acids is 1. The van der Waals surface area contributed by atoms with Gasteiger partial charge in [0.2, 0.25) is 11.8 Å². The average molecular weight is 344 g/mol. The molecular formula is C18H24N4O3. The Kier molecular flexibility index (Phi) is 4.33. The van der Waals surface area contributed by atoms with Gasteiger partial charge < -0.3 is 13.7 Å². The lowest BCUT2D eigenvalue weighted by Gasteiger charge is -2.33. The standard InChI is InChI=1S/C18H24N4O3/c1-12-7-10-24-17(12)18-20-19-16(25-18)11-21-8-3-5-14(21)15-6-4-9-22(15)13(2)23/h7,10,14-15H,3-6,8-9,11H2,1-2H3/t14-,15+/m1/s1. The molecule has 2 atom stereocenters. The van der Waals surface area contributed by atoms with Gasteiger partial charge in [-0.3, -0.25) is 9.69 Å². The van der Waals surface area contributed by atoms with E-state index in [1.165, 1.54) is 0 Å². The summed E-state index contributed by atoms with van der Waals surface area (Å²) in [6.07, 6.45) is 6.07. The molecule has 2 aromatic heterocycles. The van der Waals surface area contributed by atoms with Crippen molar-refractivity contribution in [1.29, 1.82) is 0 Å². The largest absolute Gasteiger partial charge is 0.459 e. The number of aryl methyl sites for hydroxylation is 1. The Labute approximate surface area is 147 Å². The van der Waals surface area contributed by atoms with Crippen molar-refractivity contribution in [2.75, 3.05) is 13.1 Å². The number of nitrogens with zero attached hydrogens (tertiary/aromatic N) is 4. The van der Waals surface area contributed by atoms with E-state index in [1.807, 2.05) is 17.9 Å². The van der Waals surface area contributed by atoms with E-state index in [0.29, 0.717) is 36.2 Å². The van der Waals surface area contributed by atoms with Crippen LogP contribution in [0.25, 0.3) is 11.7 Å². The minimum atomic E-state index is 0.183. The van der Waals surface area contributed by atoms with Crippen LogP contribution < -0.4 is 0 Å². The molecule has 4 rings (SSSR count). The van der Waals surface area contributed by atoms with Crippen LogP contribution in [-0.2, 0) is 11.3 Å². The fraction of sp³-hybridized carbons (Fsp3) is 0.611. The molecule has 0 N–H and O–H groups in total. The first-order valence-electron chi connectivity index (χ1n) is 9.01. The van der Waals surface area contributed by atoms with E-state index in [2.05, 4.69) is 15.1 Å². The van der Waals surface area contributed by atoms with Crippen molar-refractivity contribution in [3.05, 3.63) is 23.8 Å². The first-order valence-corrected chi connectivity index (χ1v) is 9.01. The van der Waals surface area contributed by atoms with Crippen LogP contribution in [0.5, 0.6) is 0 Å². The summed E-state index contributed by atoms with van der Waals surface area (Å²) in [7, 11) is 0. The van der Waals surface area contributed by atoms with Crippen molar-refractivity contribution in [3.63, 3.8) is 0 Å². The summed E-state index contributed by atoms with van der Waals surface area (Å²) in [6.45, 7) is 6.14. The molecule has 2 saturated heterocycles. The molecule has 4 heterocycles. The van der Waals surface area contributed by atoms with Crippen LogP contribution in [0.2, 0.25) is 0 Å². The minimum absolute atomic E-state index is 0.183. The van der Waals surface area contributed by atoms with E-state index in [-0.39, 0.29) is 5.91 Å². The van der Waals surface area contributed by atoms with Gasteiger partial charge in [0.15, 0.2) is 5.76 Å². The normalized spacial score (nSPS) is 24.3. The third kappa shape index (κ3) is 3.08. The topological polar surface area (TPSA) is 75.6 Å². The summed E-state index contributed by atoms with van der Waals surface area (Å²) < 4.78 is 11.2. The van der Waals surface area contributed by atoms with Gasteiger partial charge in [-0.1, -0.05) is 0 Å². The zero-order valence-electron chi connectivity index (χ0n) is 14.8. The van der Waals surface area contributed by atoms with E-state index in [9.17, 15) is 4.79 Å². The molecule has 2 aliphatic heterocycles. The first-order chi connectivity index (χ1) is 12.1. The number of carbonyl (C=O) groups is 1. The molecule has 0 bridgehead atoms. The first kappa shape index (κ1) is 16.3. The molecule has 0 saturated carbocycles. The number of hydrogen-bond donors (Lipinski definition) is 0. The van der Waals surface area contributed by atoms with Crippen LogP contribution in [0.4, 0.5) is 0 Å². The van der Waals surface area contributed by atoms with Crippen LogP contribution in [0.1, 0.15) is 44.1 Å². The lowest BCUT2D eigenvalue weighted by atomic mass is 10.0. The van der Waals surface area contributed by atoms with Crippen LogP contribution >= 0.6 is 0 Å². The molecule has 0 spiro atoms. The van der Waals surface area contributed by atoms with Gasteiger partial charge in [-0.15, -0.1) is 10.2 Å². The molecule has 0 aromatic carbocycles. The molecule has 7 nitrogen and oxygen atoms in total. The number of furan rings is 1. The Hall–Kier alpha value is -2.15. The zero-order valence-corrected chi connectivity index (χ0v) is 14.8. The SMILES string of the molecule is CC(=O)N1CCC[C@H]1[C@H]1CCCN1Cc1nnc(-c2occc2C)o1. The summed E-state index contributed by atoms with van der Waals surface area (Å²) in [6, 6.07) is 2.58. The third-order valence-electron chi connectivity index (χ3n) is 5.42. The fourth-order valence-electron chi connectivity index (χ4n) is 4.24. The molecule has 1 amide bonds. The fourth-order valence-corrected chi connectivity index (χ4v) is 4.24. The van der Waals surface area contributed by atoms with Gasteiger partial charge >= 0.3 is 0 Å². The number of rotatable bonds is 4. The summed E-state index contributed by atoms with van der Waals surface area (Å²) in [5.74, 6) is 1.85. The summed E-state index contributed by atoms with van der Waals surface area (Å²) in [5, 5.41) is 8.32. The predicted molar refractivity (Wildman–Crippen MR) is 90.6 cm³/mol. The van der Waals surface area contributed by atoms with Gasteiger partial charge in [0, 0.05) is 31.1 Å². The van der Waals surface area contributed by atoms with Gasteiger partial charge in [-0.2, -0.15) is 0 Å². The maximum Gasteiger partial charge on any atom is 0.283 e. The van der Waals surface area contributed by atoms with Crippen molar-refractivity contribution >= 4 is 5.91 Å². The summed E-state index contributed by atoms with van der Waals surface area (Å²) >= 11 is 0. The van der Waals surface area contributed by atoms with E-state index in [0.717, 1.165) is 44.3 Å². The third-order valence-corrected chi connectivity index (χ3v) is 5.42. The van der Waals surface area contributed by atoms with Crippen molar-refractivity contribution in [3.8, 4) is 11.7 Å². The lowest BCUT2D eigenvalue weighted by Crippen LogP contribution is -2.47. The molecule has 2 aliphatic rings. The predicted octanol–water partition coefficient (Wildman–Crippen LogP) is 2.61. The Morgan fingerprint density at radius 1 is 1.24 bits per heavy atom. The Morgan fingerprint density at radius 3 is 2.80 bits per heavy atom. The van der Waals surface area contributed by atoms with Crippen LogP contribution in [-0.4, -0.2) is 51.1 Å².